The highest BCUT2D eigenvalue weighted by Gasteiger charge is 2.35. The van der Waals surface area contributed by atoms with Crippen LogP contribution in [0.2, 0.25) is 5.02 Å². The van der Waals surface area contributed by atoms with E-state index in [0.717, 1.165) is 12.1 Å². The number of furan rings is 1. The third-order valence-electron chi connectivity index (χ3n) is 4.93. The molecule has 3 fully saturated rings. The minimum Gasteiger partial charge on any atom is -0.451 e. The highest BCUT2D eigenvalue weighted by Crippen LogP contribution is 2.28. The summed E-state index contributed by atoms with van der Waals surface area (Å²) in [6.07, 6.45) is 2.36. The first-order valence-electron chi connectivity index (χ1n) is 8.08. The van der Waals surface area contributed by atoms with E-state index in [-0.39, 0.29) is 11.9 Å². The lowest BCUT2D eigenvalue weighted by Crippen LogP contribution is -2.57. The molecule has 1 amide bonds. The van der Waals surface area contributed by atoms with Crippen LogP contribution in [0, 0.1) is 5.92 Å². The lowest BCUT2D eigenvalue weighted by atomic mass is 9.84. The van der Waals surface area contributed by atoms with E-state index in [1.165, 1.54) is 25.9 Å². The van der Waals surface area contributed by atoms with Gasteiger partial charge in [0.25, 0.3) is 5.91 Å². The number of hydrogen-bond acceptors (Lipinski definition) is 3. The molecule has 1 atom stereocenters. The number of carbonyl (C=O) groups is 1. The summed E-state index contributed by atoms with van der Waals surface area (Å²) in [5, 5.41) is 3.83. The summed E-state index contributed by atoms with van der Waals surface area (Å²) < 4.78 is 5.72. The summed E-state index contributed by atoms with van der Waals surface area (Å²) in [7, 11) is 0. The van der Waals surface area contributed by atoms with Crippen LogP contribution in [0.25, 0.3) is 11.3 Å². The molecule has 4 nitrogen and oxygen atoms in total. The summed E-state index contributed by atoms with van der Waals surface area (Å²) in [4.78, 5) is 14.9. The molecule has 3 aliphatic heterocycles. The molecule has 23 heavy (non-hydrogen) atoms. The average Bonchev–Trinajstić information content (AvgIpc) is 3.07. The van der Waals surface area contributed by atoms with Crippen molar-refractivity contribution >= 4 is 17.5 Å². The van der Waals surface area contributed by atoms with Crippen molar-refractivity contribution in [1.29, 1.82) is 0 Å². The zero-order valence-electron chi connectivity index (χ0n) is 12.8. The number of benzene rings is 1. The van der Waals surface area contributed by atoms with Gasteiger partial charge < -0.3 is 14.6 Å². The van der Waals surface area contributed by atoms with E-state index in [0.29, 0.717) is 22.5 Å². The maximum absolute atomic E-state index is 12.4. The van der Waals surface area contributed by atoms with Gasteiger partial charge in [0.1, 0.15) is 5.76 Å². The summed E-state index contributed by atoms with van der Waals surface area (Å²) in [6.45, 7) is 3.29. The molecule has 0 saturated carbocycles. The monoisotopic (exact) mass is 330 g/mol. The summed E-state index contributed by atoms with van der Waals surface area (Å²) >= 11 is 5.90. The zero-order chi connectivity index (χ0) is 15.8. The van der Waals surface area contributed by atoms with E-state index in [1.54, 1.807) is 6.07 Å². The van der Waals surface area contributed by atoms with Crippen molar-refractivity contribution < 1.29 is 9.21 Å². The molecule has 4 heterocycles. The highest BCUT2D eigenvalue weighted by molar-refractivity contribution is 6.30. The van der Waals surface area contributed by atoms with Gasteiger partial charge in [0.2, 0.25) is 0 Å². The van der Waals surface area contributed by atoms with Gasteiger partial charge in [0, 0.05) is 23.2 Å². The van der Waals surface area contributed by atoms with Crippen molar-refractivity contribution in [3.05, 3.63) is 47.2 Å². The topological polar surface area (TPSA) is 45.5 Å². The first-order valence-corrected chi connectivity index (χ1v) is 8.46. The van der Waals surface area contributed by atoms with Crippen LogP contribution in [-0.4, -0.2) is 36.5 Å². The Labute approximate surface area is 140 Å². The molecule has 5 heteroatoms. The Morgan fingerprint density at radius 1 is 1.13 bits per heavy atom. The van der Waals surface area contributed by atoms with E-state index >= 15 is 0 Å². The molecule has 1 aromatic heterocycles. The van der Waals surface area contributed by atoms with Crippen LogP contribution in [0.3, 0.4) is 0 Å². The Kier molecular flexibility index (Phi) is 3.87. The molecule has 2 aromatic rings. The second kappa shape index (κ2) is 6.02. The lowest BCUT2D eigenvalue weighted by Gasteiger charge is -2.44. The predicted octanol–water partition coefficient (Wildman–Crippen LogP) is 3.42. The van der Waals surface area contributed by atoms with Gasteiger partial charge in [-0.1, -0.05) is 11.6 Å². The van der Waals surface area contributed by atoms with Gasteiger partial charge in [0.05, 0.1) is 0 Å². The number of hydrogen-bond donors (Lipinski definition) is 1. The number of amides is 1. The third kappa shape index (κ3) is 3.01. The fraction of sp³-hybridized carbons (Fsp3) is 0.389. The van der Waals surface area contributed by atoms with Crippen molar-refractivity contribution in [2.75, 3.05) is 19.6 Å². The summed E-state index contributed by atoms with van der Waals surface area (Å²) in [5.74, 6) is 1.53. The first kappa shape index (κ1) is 14.8. The Bertz CT molecular complexity index is 702. The fourth-order valence-corrected chi connectivity index (χ4v) is 3.72. The molecule has 0 spiro atoms. The molecule has 3 aliphatic rings. The SMILES string of the molecule is O=C(N[C@H]1CN2CCC1CC2)c1ccc(-c2ccc(Cl)cc2)o1. The number of halogens is 1. The fourth-order valence-electron chi connectivity index (χ4n) is 3.60. The molecule has 1 N–H and O–H groups in total. The van der Waals surface area contributed by atoms with Gasteiger partial charge >= 0.3 is 0 Å². The van der Waals surface area contributed by atoms with Gasteiger partial charge in [-0.05, 0) is 68.2 Å². The summed E-state index contributed by atoms with van der Waals surface area (Å²) in [6, 6.07) is 11.2. The van der Waals surface area contributed by atoms with E-state index in [1.807, 2.05) is 30.3 Å². The van der Waals surface area contributed by atoms with Crippen LogP contribution >= 0.6 is 11.6 Å². The largest absolute Gasteiger partial charge is 0.451 e. The number of nitrogens with one attached hydrogen (secondary N) is 1. The first-order chi connectivity index (χ1) is 11.2. The van der Waals surface area contributed by atoms with Gasteiger partial charge in [-0.3, -0.25) is 4.79 Å². The molecule has 0 radical (unpaired) electrons. The Balaban J connectivity index is 1.46. The van der Waals surface area contributed by atoms with Crippen molar-refractivity contribution in [2.24, 2.45) is 5.92 Å². The van der Waals surface area contributed by atoms with Crippen LogP contribution in [-0.2, 0) is 0 Å². The second-order valence-corrected chi connectivity index (χ2v) is 6.83. The summed E-state index contributed by atoms with van der Waals surface area (Å²) in [5.41, 5.74) is 0.913. The molecular formula is C18H19ClN2O2. The van der Waals surface area contributed by atoms with E-state index < -0.39 is 0 Å². The second-order valence-electron chi connectivity index (χ2n) is 6.39. The maximum Gasteiger partial charge on any atom is 0.287 e. The predicted molar refractivity (Wildman–Crippen MR) is 89.6 cm³/mol. The van der Waals surface area contributed by atoms with Gasteiger partial charge in [0.15, 0.2) is 5.76 Å². The molecule has 3 saturated heterocycles. The number of rotatable bonds is 3. The number of fused-ring (bicyclic) bond motifs is 3. The maximum atomic E-state index is 12.4. The molecule has 1 aromatic carbocycles. The van der Waals surface area contributed by atoms with Gasteiger partial charge in [-0.25, -0.2) is 0 Å². The Hall–Kier alpha value is -1.78. The molecule has 0 unspecified atom stereocenters. The molecule has 5 rings (SSSR count). The quantitative estimate of drug-likeness (QED) is 0.938. The van der Waals surface area contributed by atoms with Crippen molar-refractivity contribution in [3.8, 4) is 11.3 Å². The van der Waals surface area contributed by atoms with E-state index in [4.69, 9.17) is 16.0 Å². The van der Waals surface area contributed by atoms with E-state index in [2.05, 4.69) is 10.2 Å². The number of carbonyl (C=O) groups excluding carboxylic acids is 1. The highest BCUT2D eigenvalue weighted by atomic mass is 35.5. The smallest absolute Gasteiger partial charge is 0.287 e. The molecule has 120 valence electrons. The van der Waals surface area contributed by atoms with Crippen LogP contribution in [0.1, 0.15) is 23.4 Å². The standard InChI is InChI=1S/C18H19ClN2O2/c19-14-3-1-13(2-4-14)16-5-6-17(23-16)18(22)20-15-11-21-9-7-12(15)8-10-21/h1-6,12,15H,7-11H2,(H,20,22)/t15-/m0/s1. The van der Waals surface area contributed by atoms with Crippen LogP contribution < -0.4 is 5.32 Å². The third-order valence-corrected chi connectivity index (χ3v) is 5.18. The van der Waals surface area contributed by atoms with Crippen LogP contribution in [0.4, 0.5) is 0 Å². The van der Waals surface area contributed by atoms with Crippen LogP contribution in [0.5, 0.6) is 0 Å². The van der Waals surface area contributed by atoms with Gasteiger partial charge in [-0.2, -0.15) is 0 Å². The Morgan fingerprint density at radius 3 is 2.52 bits per heavy atom. The minimum atomic E-state index is -0.121. The van der Waals surface area contributed by atoms with Crippen LogP contribution in [0.15, 0.2) is 40.8 Å². The minimum absolute atomic E-state index is 0.121. The van der Waals surface area contributed by atoms with Gasteiger partial charge in [-0.15, -0.1) is 0 Å². The normalized spacial score (nSPS) is 26.2. The number of nitrogens with zero attached hydrogens (tertiary/aromatic N) is 1. The average molecular weight is 331 g/mol. The van der Waals surface area contributed by atoms with E-state index in [9.17, 15) is 4.79 Å². The molecule has 2 bridgehead atoms. The Morgan fingerprint density at radius 2 is 1.87 bits per heavy atom. The van der Waals surface area contributed by atoms with Crippen molar-refractivity contribution in [1.82, 2.24) is 10.2 Å². The van der Waals surface area contributed by atoms with Crippen molar-refractivity contribution in [3.63, 3.8) is 0 Å². The molecule has 0 aliphatic carbocycles. The molecular weight excluding hydrogens is 312 g/mol. The zero-order valence-corrected chi connectivity index (χ0v) is 13.6. The number of piperidine rings is 3. The lowest BCUT2D eigenvalue weighted by molar-refractivity contribution is 0.0606. The van der Waals surface area contributed by atoms with Crippen molar-refractivity contribution in [2.45, 2.75) is 18.9 Å².